The van der Waals surface area contributed by atoms with Crippen LogP contribution < -0.4 is 0 Å². The van der Waals surface area contributed by atoms with Gasteiger partial charge in [0.15, 0.2) is 9.84 Å². The smallest absolute Gasteiger partial charge is 0.156 e. The van der Waals surface area contributed by atoms with Gasteiger partial charge in [-0.2, -0.15) is 0 Å². The van der Waals surface area contributed by atoms with E-state index in [0.717, 1.165) is 12.0 Å². The topological polar surface area (TPSA) is 67.3 Å². The van der Waals surface area contributed by atoms with Crippen LogP contribution in [0.5, 0.6) is 0 Å². The maximum Gasteiger partial charge on any atom is 0.156 e. The van der Waals surface area contributed by atoms with Gasteiger partial charge in [0.1, 0.15) is 5.60 Å². The predicted octanol–water partition coefficient (Wildman–Crippen LogP) is 1.71. The quantitative estimate of drug-likeness (QED) is 0.851. The number of aromatic nitrogens is 1. The summed E-state index contributed by atoms with van der Waals surface area (Å²) in [5.41, 5.74) is 0.579. The molecule has 4 nitrogen and oxygen atoms in total. The van der Waals surface area contributed by atoms with Gasteiger partial charge in [-0.05, 0) is 44.2 Å². The highest BCUT2D eigenvalue weighted by Crippen LogP contribution is 2.45. The minimum absolute atomic E-state index is 0.294. The molecule has 1 N–H and O–H groups in total. The molecule has 3 rings (SSSR count). The molecule has 0 spiro atoms. The van der Waals surface area contributed by atoms with Gasteiger partial charge in [0.2, 0.25) is 0 Å². The molecule has 2 unspecified atom stereocenters. The van der Waals surface area contributed by atoms with Crippen LogP contribution in [0.3, 0.4) is 0 Å². The Morgan fingerprint density at radius 3 is 2.42 bits per heavy atom. The lowest BCUT2D eigenvalue weighted by Gasteiger charge is -2.43. The van der Waals surface area contributed by atoms with Crippen molar-refractivity contribution < 1.29 is 13.5 Å². The maximum atomic E-state index is 12.2. The first-order valence-corrected chi connectivity index (χ1v) is 8.41. The van der Waals surface area contributed by atoms with Crippen LogP contribution in [0.15, 0.2) is 18.3 Å². The molecule has 19 heavy (non-hydrogen) atoms. The van der Waals surface area contributed by atoms with Crippen molar-refractivity contribution in [2.45, 2.75) is 55.1 Å². The van der Waals surface area contributed by atoms with E-state index in [9.17, 15) is 13.5 Å². The number of nitrogens with zero attached hydrogens (tertiary/aromatic N) is 1. The molecular weight excluding hydrogens is 262 g/mol. The highest BCUT2D eigenvalue weighted by Gasteiger charge is 2.51. The first-order chi connectivity index (χ1) is 8.92. The van der Waals surface area contributed by atoms with Crippen molar-refractivity contribution in [3.8, 4) is 0 Å². The van der Waals surface area contributed by atoms with Gasteiger partial charge >= 0.3 is 0 Å². The zero-order chi connectivity index (χ0) is 13.7. The Hall–Kier alpha value is -0.940. The third-order valence-corrected chi connectivity index (χ3v) is 7.16. The molecule has 0 aliphatic carbocycles. The van der Waals surface area contributed by atoms with Crippen molar-refractivity contribution in [1.29, 1.82) is 0 Å². The Balaban J connectivity index is 1.97. The minimum atomic E-state index is -3.04. The molecule has 2 saturated heterocycles. The summed E-state index contributed by atoms with van der Waals surface area (Å²) < 4.78 is 24.5. The number of aryl methyl sites for hydroxylation is 1. The Morgan fingerprint density at radius 2 is 1.89 bits per heavy atom. The van der Waals surface area contributed by atoms with Crippen molar-refractivity contribution in [3.05, 3.63) is 29.6 Å². The SMILES string of the molecule is Cc1ccc(C2(O)CC3CCCC(C2)S3(=O)=O)nc1. The highest BCUT2D eigenvalue weighted by atomic mass is 32.2. The summed E-state index contributed by atoms with van der Waals surface area (Å²) in [7, 11) is -3.04. The molecule has 2 aliphatic rings. The summed E-state index contributed by atoms with van der Waals surface area (Å²) in [5, 5.41) is 10.1. The van der Waals surface area contributed by atoms with Crippen molar-refractivity contribution >= 4 is 9.84 Å². The third kappa shape index (κ3) is 2.09. The molecule has 0 amide bonds. The van der Waals surface area contributed by atoms with Crippen molar-refractivity contribution in [1.82, 2.24) is 4.98 Å². The van der Waals surface area contributed by atoms with Crippen LogP contribution in [0.1, 0.15) is 43.4 Å². The zero-order valence-corrected chi connectivity index (χ0v) is 11.9. The molecule has 2 bridgehead atoms. The molecule has 5 heteroatoms. The third-order valence-electron chi connectivity index (χ3n) is 4.50. The summed E-state index contributed by atoms with van der Waals surface area (Å²) in [4.78, 5) is 4.30. The average Bonchev–Trinajstić information content (AvgIpc) is 2.32. The van der Waals surface area contributed by atoms with E-state index < -0.39 is 25.9 Å². The molecule has 0 radical (unpaired) electrons. The van der Waals surface area contributed by atoms with Crippen LogP contribution >= 0.6 is 0 Å². The van der Waals surface area contributed by atoms with Crippen LogP contribution in [0.4, 0.5) is 0 Å². The van der Waals surface area contributed by atoms with Gasteiger partial charge in [-0.3, -0.25) is 4.98 Å². The lowest BCUT2D eigenvalue weighted by molar-refractivity contribution is 0.000979. The van der Waals surface area contributed by atoms with E-state index >= 15 is 0 Å². The number of rotatable bonds is 1. The van der Waals surface area contributed by atoms with Crippen molar-refractivity contribution in [2.75, 3.05) is 0 Å². The minimum Gasteiger partial charge on any atom is -0.383 e. The van der Waals surface area contributed by atoms with Gasteiger partial charge in [0.25, 0.3) is 0 Å². The highest BCUT2D eigenvalue weighted by molar-refractivity contribution is 7.92. The lowest BCUT2D eigenvalue weighted by Crippen LogP contribution is -2.50. The van der Waals surface area contributed by atoms with Crippen LogP contribution in [-0.4, -0.2) is 29.0 Å². The molecule has 1 aromatic rings. The largest absolute Gasteiger partial charge is 0.383 e. The zero-order valence-electron chi connectivity index (χ0n) is 11.0. The number of fused-ring (bicyclic) bond motifs is 2. The van der Waals surface area contributed by atoms with Gasteiger partial charge < -0.3 is 5.11 Å². The van der Waals surface area contributed by atoms with E-state index in [4.69, 9.17) is 0 Å². The van der Waals surface area contributed by atoms with E-state index in [2.05, 4.69) is 4.98 Å². The monoisotopic (exact) mass is 281 g/mol. The van der Waals surface area contributed by atoms with Gasteiger partial charge in [-0.25, -0.2) is 8.42 Å². The first kappa shape index (κ1) is 13.1. The molecule has 2 aliphatic heterocycles. The number of aliphatic hydroxyl groups is 1. The van der Waals surface area contributed by atoms with Crippen LogP contribution in [0, 0.1) is 6.92 Å². The average molecular weight is 281 g/mol. The Morgan fingerprint density at radius 1 is 1.26 bits per heavy atom. The van der Waals surface area contributed by atoms with Gasteiger partial charge in [0.05, 0.1) is 16.2 Å². The summed E-state index contributed by atoms with van der Waals surface area (Å²) in [6, 6.07) is 3.74. The first-order valence-electron chi connectivity index (χ1n) is 6.80. The fourth-order valence-electron chi connectivity index (χ4n) is 3.40. The normalized spacial score (nSPS) is 36.9. The Bertz CT molecular complexity index is 559. The summed E-state index contributed by atoms with van der Waals surface area (Å²) >= 11 is 0. The van der Waals surface area contributed by atoms with Crippen molar-refractivity contribution in [2.24, 2.45) is 0 Å². The molecule has 104 valence electrons. The molecule has 0 aromatic carbocycles. The van der Waals surface area contributed by atoms with E-state index in [-0.39, 0.29) is 0 Å². The number of hydrogen-bond acceptors (Lipinski definition) is 4. The molecular formula is C14H19NO3S. The fourth-order valence-corrected chi connectivity index (χ4v) is 5.95. The summed E-state index contributed by atoms with van der Waals surface area (Å²) in [6.07, 6.45) is 4.61. The van der Waals surface area contributed by atoms with Gasteiger partial charge in [-0.15, -0.1) is 0 Å². The summed E-state index contributed by atoms with van der Waals surface area (Å²) in [6.45, 7) is 1.95. The van der Waals surface area contributed by atoms with Crippen LogP contribution in [-0.2, 0) is 15.4 Å². The van der Waals surface area contributed by atoms with Crippen LogP contribution in [0.25, 0.3) is 0 Å². The molecule has 3 heterocycles. The molecule has 0 saturated carbocycles. The van der Waals surface area contributed by atoms with E-state index in [1.165, 1.54) is 0 Å². The van der Waals surface area contributed by atoms with Crippen molar-refractivity contribution in [3.63, 3.8) is 0 Å². The molecule has 1 aromatic heterocycles. The lowest BCUT2D eigenvalue weighted by atomic mass is 9.83. The van der Waals surface area contributed by atoms with Gasteiger partial charge in [-0.1, -0.05) is 12.5 Å². The maximum absolute atomic E-state index is 12.2. The standard InChI is InChI=1S/C14H19NO3S/c1-10-5-6-13(15-9-10)14(16)7-11-3-2-4-12(8-14)19(11,17)18/h5-6,9,11-12,16H,2-4,7-8H2,1H3. The van der Waals surface area contributed by atoms with E-state index in [1.807, 2.05) is 19.1 Å². The predicted molar refractivity (Wildman–Crippen MR) is 72.5 cm³/mol. The number of sulfone groups is 1. The fraction of sp³-hybridized carbons (Fsp3) is 0.643. The van der Waals surface area contributed by atoms with E-state index in [1.54, 1.807) is 6.20 Å². The summed E-state index contributed by atoms with van der Waals surface area (Å²) in [5.74, 6) is 0. The second-order valence-electron chi connectivity index (χ2n) is 5.92. The second kappa shape index (κ2) is 4.28. The number of hydrogen-bond donors (Lipinski definition) is 1. The number of pyridine rings is 1. The second-order valence-corrected chi connectivity index (χ2v) is 8.44. The van der Waals surface area contributed by atoms with E-state index in [0.29, 0.717) is 31.4 Å². The molecule has 2 atom stereocenters. The van der Waals surface area contributed by atoms with Gasteiger partial charge in [0, 0.05) is 6.20 Å². The Labute approximate surface area is 113 Å². The Kier molecular flexibility index (Phi) is 2.94. The molecule has 2 fully saturated rings. The van der Waals surface area contributed by atoms with Crippen LogP contribution in [0.2, 0.25) is 0 Å².